The van der Waals surface area contributed by atoms with Crippen LogP contribution in [0, 0.1) is 17.2 Å². The number of piperidine rings is 1. The molecule has 2 atom stereocenters. The van der Waals surface area contributed by atoms with Gasteiger partial charge in [-0.3, -0.25) is 15.1 Å². The second kappa shape index (κ2) is 5.53. The van der Waals surface area contributed by atoms with E-state index < -0.39 is 0 Å². The van der Waals surface area contributed by atoms with Crippen molar-refractivity contribution in [1.29, 1.82) is 5.26 Å². The Labute approximate surface area is 128 Å². The number of nitriles is 1. The molecule has 0 radical (unpaired) electrons. The molecule has 4 rings (SSSR count). The maximum atomic E-state index is 9.88. The largest absolute Gasteiger partial charge is 0.298 e. The monoisotopic (exact) mass is 288 g/mol. The van der Waals surface area contributed by atoms with Crippen molar-refractivity contribution in [2.75, 3.05) is 32.7 Å². The maximum absolute atomic E-state index is 9.88. The van der Waals surface area contributed by atoms with Gasteiger partial charge in [0, 0.05) is 38.3 Å². The first-order valence-electron chi connectivity index (χ1n) is 8.94. The molecular weight excluding hydrogens is 260 g/mol. The van der Waals surface area contributed by atoms with E-state index in [1.165, 1.54) is 64.6 Å². The molecule has 2 aliphatic heterocycles. The van der Waals surface area contributed by atoms with Gasteiger partial charge in [0.15, 0.2) is 0 Å². The molecule has 2 saturated carbocycles. The lowest BCUT2D eigenvalue weighted by Crippen LogP contribution is -2.61. The number of hydrogen-bond donors (Lipinski definition) is 1. The molecule has 2 unspecified atom stereocenters. The highest BCUT2D eigenvalue weighted by Crippen LogP contribution is 2.42. The highest BCUT2D eigenvalue weighted by Gasteiger charge is 2.49. The van der Waals surface area contributed by atoms with Gasteiger partial charge in [0.25, 0.3) is 0 Å². The van der Waals surface area contributed by atoms with Gasteiger partial charge in [0.2, 0.25) is 0 Å². The van der Waals surface area contributed by atoms with Crippen molar-refractivity contribution < 1.29 is 0 Å². The molecule has 0 spiro atoms. The van der Waals surface area contributed by atoms with Gasteiger partial charge in [0.1, 0.15) is 5.54 Å². The van der Waals surface area contributed by atoms with Crippen LogP contribution in [0.4, 0.5) is 0 Å². The fourth-order valence-electron chi connectivity index (χ4n) is 4.34. The molecule has 2 saturated heterocycles. The lowest BCUT2D eigenvalue weighted by molar-refractivity contribution is 0.0372. The zero-order chi connectivity index (χ0) is 14.3. The summed E-state index contributed by atoms with van der Waals surface area (Å²) in [7, 11) is 0. The molecule has 21 heavy (non-hydrogen) atoms. The SMILES string of the molecule is N#CC(CN1CCN2CCCCC2C1)(NC1CC1)C1CC1. The minimum absolute atomic E-state index is 0.252. The van der Waals surface area contributed by atoms with E-state index in [1.807, 2.05) is 0 Å². The van der Waals surface area contributed by atoms with E-state index >= 15 is 0 Å². The van der Waals surface area contributed by atoms with Crippen LogP contribution in [0.5, 0.6) is 0 Å². The molecule has 0 aromatic rings. The lowest BCUT2D eigenvalue weighted by Gasteiger charge is -2.46. The number of fused-ring (bicyclic) bond motifs is 1. The smallest absolute Gasteiger partial charge is 0.122 e. The van der Waals surface area contributed by atoms with Gasteiger partial charge in [-0.05, 0) is 51.0 Å². The third kappa shape index (κ3) is 2.97. The van der Waals surface area contributed by atoms with E-state index in [4.69, 9.17) is 0 Å². The van der Waals surface area contributed by atoms with Crippen molar-refractivity contribution >= 4 is 0 Å². The molecule has 4 nitrogen and oxygen atoms in total. The standard InChI is InChI=1S/C17H28N4/c18-12-17(14-4-5-14,19-15-6-7-15)13-20-9-10-21-8-2-1-3-16(21)11-20/h14-16,19H,1-11,13H2. The van der Waals surface area contributed by atoms with Crippen LogP contribution in [0.1, 0.15) is 44.9 Å². The normalized spacial score (nSPS) is 34.0. The molecule has 4 fully saturated rings. The topological polar surface area (TPSA) is 42.3 Å². The Hall–Kier alpha value is -0.630. The second-order valence-electron chi connectivity index (χ2n) is 7.70. The van der Waals surface area contributed by atoms with Crippen molar-refractivity contribution in [3.63, 3.8) is 0 Å². The van der Waals surface area contributed by atoms with Gasteiger partial charge in [-0.25, -0.2) is 0 Å². The van der Waals surface area contributed by atoms with Crippen LogP contribution in [0.25, 0.3) is 0 Å². The Morgan fingerprint density at radius 3 is 2.62 bits per heavy atom. The van der Waals surface area contributed by atoms with Gasteiger partial charge in [-0.1, -0.05) is 6.42 Å². The minimum atomic E-state index is -0.252. The second-order valence-corrected chi connectivity index (χ2v) is 7.70. The molecule has 1 N–H and O–H groups in total. The van der Waals surface area contributed by atoms with Crippen LogP contribution >= 0.6 is 0 Å². The van der Waals surface area contributed by atoms with Crippen molar-refractivity contribution in [1.82, 2.24) is 15.1 Å². The molecular formula is C17H28N4. The van der Waals surface area contributed by atoms with E-state index in [1.54, 1.807) is 0 Å². The Kier molecular flexibility index (Phi) is 3.69. The zero-order valence-electron chi connectivity index (χ0n) is 13.1. The van der Waals surface area contributed by atoms with Gasteiger partial charge in [-0.2, -0.15) is 5.26 Å². The average molecular weight is 288 g/mol. The van der Waals surface area contributed by atoms with Gasteiger partial charge < -0.3 is 0 Å². The number of piperazine rings is 1. The molecule has 0 aromatic carbocycles. The highest BCUT2D eigenvalue weighted by molar-refractivity contribution is 5.19. The van der Waals surface area contributed by atoms with Crippen molar-refractivity contribution in [3.05, 3.63) is 0 Å². The van der Waals surface area contributed by atoms with Gasteiger partial charge >= 0.3 is 0 Å². The van der Waals surface area contributed by atoms with Crippen LogP contribution in [-0.4, -0.2) is 60.1 Å². The summed E-state index contributed by atoms with van der Waals surface area (Å²) < 4.78 is 0. The van der Waals surface area contributed by atoms with Gasteiger partial charge in [-0.15, -0.1) is 0 Å². The minimum Gasteiger partial charge on any atom is -0.298 e. The fourth-order valence-corrected chi connectivity index (χ4v) is 4.34. The lowest BCUT2D eigenvalue weighted by atomic mass is 9.92. The van der Waals surface area contributed by atoms with E-state index in [0.29, 0.717) is 12.0 Å². The fraction of sp³-hybridized carbons (Fsp3) is 0.941. The van der Waals surface area contributed by atoms with E-state index in [2.05, 4.69) is 21.2 Å². The van der Waals surface area contributed by atoms with Crippen LogP contribution in [0.3, 0.4) is 0 Å². The first kappa shape index (κ1) is 14.0. The summed E-state index contributed by atoms with van der Waals surface area (Å²) in [6.07, 6.45) is 9.16. The third-order valence-electron chi connectivity index (χ3n) is 5.91. The van der Waals surface area contributed by atoms with Gasteiger partial charge in [0.05, 0.1) is 6.07 Å². The summed E-state index contributed by atoms with van der Waals surface area (Å²) in [6.45, 7) is 5.79. The summed E-state index contributed by atoms with van der Waals surface area (Å²) >= 11 is 0. The maximum Gasteiger partial charge on any atom is 0.122 e. The van der Waals surface area contributed by atoms with E-state index in [0.717, 1.165) is 19.1 Å². The molecule has 0 bridgehead atoms. The van der Waals surface area contributed by atoms with Crippen molar-refractivity contribution in [3.8, 4) is 6.07 Å². The van der Waals surface area contributed by atoms with Crippen LogP contribution in [-0.2, 0) is 0 Å². The number of rotatable bonds is 5. The summed E-state index contributed by atoms with van der Waals surface area (Å²) in [4.78, 5) is 5.27. The number of nitrogens with zero attached hydrogens (tertiary/aromatic N) is 3. The number of nitrogens with one attached hydrogen (secondary N) is 1. The highest BCUT2D eigenvalue weighted by atomic mass is 15.3. The molecule has 0 amide bonds. The van der Waals surface area contributed by atoms with E-state index in [-0.39, 0.29) is 5.54 Å². The quantitative estimate of drug-likeness (QED) is 0.834. The zero-order valence-corrected chi connectivity index (χ0v) is 13.1. The molecule has 2 heterocycles. The van der Waals surface area contributed by atoms with Crippen molar-refractivity contribution in [2.45, 2.75) is 62.6 Å². The Bertz CT molecular complexity index is 423. The number of hydrogen-bond acceptors (Lipinski definition) is 4. The first-order valence-corrected chi connectivity index (χ1v) is 8.94. The molecule has 2 aliphatic carbocycles. The first-order chi connectivity index (χ1) is 10.3. The van der Waals surface area contributed by atoms with E-state index in [9.17, 15) is 5.26 Å². The van der Waals surface area contributed by atoms with Crippen LogP contribution in [0.15, 0.2) is 0 Å². The molecule has 0 aromatic heterocycles. The Morgan fingerprint density at radius 2 is 1.90 bits per heavy atom. The van der Waals surface area contributed by atoms with Crippen LogP contribution in [0.2, 0.25) is 0 Å². The summed E-state index contributed by atoms with van der Waals surface area (Å²) in [5.41, 5.74) is -0.252. The Morgan fingerprint density at radius 1 is 1.05 bits per heavy atom. The summed E-state index contributed by atoms with van der Waals surface area (Å²) in [5.74, 6) is 0.604. The Balaban J connectivity index is 1.41. The van der Waals surface area contributed by atoms with Crippen LogP contribution < -0.4 is 5.32 Å². The predicted molar refractivity (Wildman–Crippen MR) is 82.9 cm³/mol. The summed E-state index contributed by atoms with van der Waals surface area (Å²) in [5, 5.41) is 13.6. The summed E-state index contributed by atoms with van der Waals surface area (Å²) in [6, 6.07) is 4.08. The van der Waals surface area contributed by atoms with Crippen molar-refractivity contribution in [2.24, 2.45) is 5.92 Å². The predicted octanol–water partition coefficient (Wildman–Crippen LogP) is 1.58. The molecule has 4 aliphatic rings. The molecule has 4 heteroatoms. The molecule has 116 valence electrons. The third-order valence-corrected chi connectivity index (χ3v) is 5.91. The average Bonchev–Trinajstić information content (AvgIpc) is 3.38.